The van der Waals surface area contributed by atoms with Crippen molar-refractivity contribution in [2.45, 2.75) is 55.8 Å². The topological polar surface area (TPSA) is 256 Å². The van der Waals surface area contributed by atoms with Gasteiger partial charge in [0.25, 0.3) is 18.3 Å². The number of aryl methyl sites for hydroxylation is 2. The maximum atomic E-state index is 12.1. The number of rotatable bonds is 11. The Morgan fingerprint density at radius 2 is 1.19 bits per heavy atom. The van der Waals surface area contributed by atoms with Crippen molar-refractivity contribution >= 4 is 84.1 Å². The molecule has 6 heterocycles. The Morgan fingerprint density at radius 3 is 1.61 bits per heavy atom. The molecule has 4 aromatic carbocycles. The average Bonchev–Trinajstić information content (AvgIpc) is 3.89. The van der Waals surface area contributed by atoms with Gasteiger partial charge in [-0.25, -0.2) is 4.79 Å². The number of epoxide rings is 1. The number of phenolic OH excluding ortho intramolecular Hbond substituents is 1. The summed E-state index contributed by atoms with van der Waals surface area (Å²) >= 11 is 3.25. The number of cyclic esters (lactones) is 2. The molecule has 0 saturated carbocycles. The summed E-state index contributed by atoms with van der Waals surface area (Å²) in [5.41, 5.74) is 3.50. The zero-order valence-electron chi connectivity index (χ0n) is 39.7. The van der Waals surface area contributed by atoms with Crippen LogP contribution in [0.5, 0.6) is 34.5 Å². The number of carbonyl (C=O) groups is 4. The summed E-state index contributed by atoms with van der Waals surface area (Å²) in [6.45, 7) is 4.66. The standard InChI is InChI=1S/C24H20N2O7.C20H16N2O4.C3H5BrO.CH2O3.4CH4.2K.H/c1-13-22(23(27)25-2)18-6-4-15(10-21(18)31-13)32-20-7-8-26-19-9-14(3-5-17(19)20)29-11-16-12-30-24(28)33-16;1-11-19(20(24)21-2)15-6-4-13(10-18(15)25-11)26-17-7-8-22-16-9-12(23)3-5-14(16)17;4-1-3-2-5-3;2-1-4-3;;;;;;;/h3-10,16H,11-12H2,1-2H3,(H,25,27);3-10,23H,1-2H3,(H,21,24);3H,1-2H2;1,3H;4*1H4;;;/q;;;;;;;;2*+1;-1/p-1. The van der Waals surface area contributed by atoms with Gasteiger partial charge in [0.15, 0.2) is 6.10 Å². The molecular formula is C52H59BrK2N4O15. The van der Waals surface area contributed by atoms with E-state index in [1.165, 1.54) is 0 Å². The van der Waals surface area contributed by atoms with Crippen LogP contribution in [0.25, 0.3) is 43.7 Å². The maximum Gasteiger partial charge on any atom is 1.00 e. The Labute approximate surface area is 523 Å². The Morgan fingerprint density at radius 1 is 0.730 bits per heavy atom. The summed E-state index contributed by atoms with van der Waals surface area (Å²) in [6.07, 6.45) is 2.71. The van der Waals surface area contributed by atoms with Crippen molar-refractivity contribution in [2.24, 2.45) is 0 Å². The first-order valence-corrected chi connectivity index (χ1v) is 21.7. The summed E-state index contributed by atoms with van der Waals surface area (Å²) in [7, 11) is 3.17. The zero-order valence-corrected chi connectivity index (χ0v) is 46.6. The molecule has 74 heavy (non-hydrogen) atoms. The van der Waals surface area contributed by atoms with Crippen LogP contribution >= 0.6 is 15.9 Å². The molecule has 2 atom stereocenters. The number of alkyl halides is 1. The number of hydrogen-bond acceptors (Lipinski definition) is 17. The Kier molecular flexibility index (Phi) is 29.2. The molecule has 0 bridgehead atoms. The predicted molar refractivity (Wildman–Crippen MR) is 274 cm³/mol. The van der Waals surface area contributed by atoms with Crippen molar-refractivity contribution in [3.63, 3.8) is 0 Å². The fourth-order valence-electron chi connectivity index (χ4n) is 6.87. The number of nitrogens with zero attached hydrogens (tertiary/aromatic N) is 2. The van der Waals surface area contributed by atoms with Gasteiger partial charge in [-0.3, -0.25) is 24.4 Å². The number of carbonyl (C=O) groups excluding carboxylic acids is 4. The van der Waals surface area contributed by atoms with Crippen LogP contribution < -0.4 is 133 Å². The molecule has 3 N–H and O–H groups in total. The first-order chi connectivity index (χ1) is 32.9. The predicted octanol–water partition coefficient (Wildman–Crippen LogP) is 4.38. The second-order valence-electron chi connectivity index (χ2n) is 14.7. The van der Waals surface area contributed by atoms with Gasteiger partial charge in [-0.2, -0.15) is 0 Å². The van der Waals surface area contributed by atoms with Gasteiger partial charge >= 0.3 is 109 Å². The molecule has 2 aliphatic heterocycles. The molecule has 0 radical (unpaired) electrons. The second kappa shape index (κ2) is 32.0. The summed E-state index contributed by atoms with van der Waals surface area (Å²) < 4.78 is 43.8. The van der Waals surface area contributed by atoms with Crippen molar-refractivity contribution in [3.05, 3.63) is 120 Å². The zero-order chi connectivity index (χ0) is 48.3. The molecule has 22 heteroatoms. The number of nitrogens with one attached hydrogen (secondary N) is 2. The quantitative estimate of drug-likeness (QED) is 0.0309. The number of amides is 2. The Balaban J connectivity index is 0.00000117. The summed E-state index contributed by atoms with van der Waals surface area (Å²) in [5.74, 6) is 3.82. The molecule has 0 aliphatic carbocycles. The van der Waals surface area contributed by atoms with Crippen molar-refractivity contribution in [3.8, 4) is 34.5 Å². The third kappa shape index (κ3) is 17.2. The van der Waals surface area contributed by atoms with E-state index >= 15 is 0 Å². The molecule has 4 aromatic heterocycles. The van der Waals surface area contributed by atoms with Crippen molar-refractivity contribution in [1.29, 1.82) is 0 Å². The number of pyridine rings is 2. The monoisotopic (exact) mass is 1140 g/mol. The van der Waals surface area contributed by atoms with Crippen LogP contribution in [0.3, 0.4) is 0 Å². The van der Waals surface area contributed by atoms with E-state index in [1.807, 2.05) is 6.07 Å². The molecule has 10 rings (SSSR count). The molecule has 2 aliphatic rings. The van der Waals surface area contributed by atoms with Crippen LogP contribution in [-0.4, -0.2) is 91.0 Å². The van der Waals surface area contributed by atoms with E-state index in [1.54, 1.807) is 119 Å². The number of ether oxygens (including phenoxy) is 6. The van der Waals surface area contributed by atoms with Gasteiger partial charge in [0.05, 0.1) is 34.9 Å². The molecule has 2 saturated heterocycles. The fraction of sp³-hybridized carbons (Fsp3) is 0.269. The molecule has 386 valence electrons. The van der Waals surface area contributed by atoms with E-state index in [0.717, 1.165) is 33.5 Å². The third-order valence-electron chi connectivity index (χ3n) is 10.1. The number of halogens is 1. The van der Waals surface area contributed by atoms with Crippen molar-refractivity contribution < 1.29 is 176 Å². The van der Waals surface area contributed by atoms with Crippen molar-refractivity contribution in [2.75, 3.05) is 39.2 Å². The van der Waals surface area contributed by atoms with Gasteiger partial charge in [0, 0.05) is 77.6 Å². The van der Waals surface area contributed by atoms with Crippen LogP contribution in [0.4, 0.5) is 4.79 Å². The first kappa shape index (κ1) is 67.3. The number of aromatic nitrogens is 2. The number of phenols is 1. The minimum atomic E-state index is -0.682. The molecule has 2 fully saturated rings. The van der Waals surface area contributed by atoms with E-state index in [9.17, 15) is 19.5 Å². The largest absolute Gasteiger partial charge is 1.00 e. The number of aromatic hydroxyl groups is 1. The van der Waals surface area contributed by atoms with Gasteiger partial charge in [0.1, 0.15) is 70.4 Å². The molecular weight excluding hydrogens is 1080 g/mol. The average molecular weight is 1140 g/mol. The Hall–Kier alpha value is -4.67. The van der Waals surface area contributed by atoms with Crippen LogP contribution in [0.2, 0.25) is 0 Å². The minimum absolute atomic E-state index is 0. The van der Waals surface area contributed by atoms with Gasteiger partial charge in [-0.1, -0.05) is 45.6 Å². The molecule has 8 aromatic rings. The summed E-state index contributed by atoms with van der Waals surface area (Å²) in [4.78, 5) is 55.1. The SMILES string of the molecule is BrCC1CO1.C.C.C.C.CNC(=O)c1c(C)oc2cc(Oc3ccnc4cc(O)ccc34)ccc12.CNC(=O)c1c(C)oc2cc(Oc3ccnc4cc(OCC5COC(=O)O5)ccc34)ccc12.O=CO[O-].[H-].[K+].[K+]. The van der Waals surface area contributed by atoms with Crippen LogP contribution in [0.15, 0.2) is 106 Å². The summed E-state index contributed by atoms with van der Waals surface area (Å²) in [6, 6.07) is 24.6. The second-order valence-corrected chi connectivity index (χ2v) is 15.3. The van der Waals surface area contributed by atoms with E-state index in [4.69, 9.17) is 47.3 Å². The smallest absolute Gasteiger partial charge is 1.00 e. The number of benzene rings is 4. The van der Waals surface area contributed by atoms with E-state index in [0.29, 0.717) is 79.7 Å². The van der Waals surface area contributed by atoms with E-state index < -0.39 is 12.3 Å². The molecule has 19 nitrogen and oxygen atoms in total. The Bertz CT molecular complexity index is 3140. The van der Waals surface area contributed by atoms with Crippen molar-refractivity contribution in [1.82, 2.24) is 20.6 Å². The molecule has 2 amide bonds. The first-order valence-electron chi connectivity index (χ1n) is 20.6. The fourth-order valence-corrected chi connectivity index (χ4v) is 7.24. The number of furan rings is 2. The van der Waals surface area contributed by atoms with Gasteiger partial charge in [0.2, 0.25) is 0 Å². The van der Waals surface area contributed by atoms with Crippen LogP contribution in [-0.2, 0) is 23.9 Å². The van der Waals surface area contributed by atoms with Gasteiger partial charge in [-0.15, -0.1) is 0 Å². The molecule has 2 unspecified atom stereocenters. The van der Waals surface area contributed by atoms with Gasteiger partial charge < -0.3 is 64.6 Å². The minimum Gasteiger partial charge on any atom is -1.00 e. The normalized spacial score (nSPS) is 13.3. The van der Waals surface area contributed by atoms with Crippen LogP contribution in [0, 0.1) is 13.8 Å². The third-order valence-corrected chi connectivity index (χ3v) is 10.8. The number of hydrogen-bond donors (Lipinski definition) is 3. The maximum absolute atomic E-state index is 12.1. The van der Waals surface area contributed by atoms with Gasteiger partial charge in [-0.05, 0) is 74.5 Å². The molecule has 0 spiro atoms. The summed E-state index contributed by atoms with van der Waals surface area (Å²) in [5, 5.41) is 27.3. The van der Waals surface area contributed by atoms with E-state index in [2.05, 4.69) is 41.4 Å². The number of fused-ring (bicyclic) bond motifs is 4. The van der Waals surface area contributed by atoms with E-state index in [-0.39, 0.29) is 171 Å². The van der Waals surface area contributed by atoms with Crippen LogP contribution in [0.1, 0.15) is 63.4 Å².